The predicted molar refractivity (Wildman–Crippen MR) is 145 cm³/mol. The van der Waals surface area contributed by atoms with Crippen LogP contribution in [0.25, 0.3) is 33.3 Å². The van der Waals surface area contributed by atoms with Gasteiger partial charge in [0.25, 0.3) is 5.56 Å². The summed E-state index contributed by atoms with van der Waals surface area (Å²) in [6.45, 7) is 8.44. The SMILES string of the molecule is CCS(=O)(=O)Nc1cccc2c1nc(-c1cn(C)c3c(=O)[nH]ccc13)n2Cc1c(C)cc(C)cc1C. The van der Waals surface area contributed by atoms with Crippen LogP contribution in [-0.2, 0) is 23.6 Å². The molecule has 0 fully saturated rings. The molecule has 2 aromatic carbocycles. The molecule has 5 rings (SSSR count). The van der Waals surface area contributed by atoms with Gasteiger partial charge in [-0.2, -0.15) is 0 Å². The van der Waals surface area contributed by atoms with Gasteiger partial charge in [-0.15, -0.1) is 0 Å². The summed E-state index contributed by atoms with van der Waals surface area (Å²) in [6.07, 6.45) is 3.54. The van der Waals surface area contributed by atoms with E-state index < -0.39 is 10.0 Å². The van der Waals surface area contributed by atoms with E-state index in [1.807, 2.05) is 31.4 Å². The Kier molecular flexibility index (Phi) is 5.75. The van der Waals surface area contributed by atoms with Gasteiger partial charge in [-0.25, -0.2) is 13.4 Å². The molecule has 36 heavy (non-hydrogen) atoms. The number of aryl methyl sites for hydroxylation is 4. The van der Waals surface area contributed by atoms with Gasteiger partial charge in [-0.05, 0) is 62.6 Å². The topological polar surface area (TPSA) is 102 Å². The molecule has 2 N–H and O–H groups in total. The van der Waals surface area contributed by atoms with E-state index in [0.717, 1.165) is 16.5 Å². The molecular formula is C27H29N5O3S. The number of aromatic amines is 1. The quantitative estimate of drug-likeness (QED) is 0.353. The molecule has 8 nitrogen and oxygen atoms in total. The van der Waals surface area contributed by atoms with Crippen molar-refractivity contribution in [2.45, 2.75) is 34.2 Å². The number of H-pyrrole nitrogens is 1. The lowest BCUT2D eigenvalue weighted by atomic mass is 9.99. The van der Waals surface area contributed by atoms with Crippen LogP contribution in [0.4, 0.5) is 5.69 Å². The first-order valence-corrected chi connectivity index (χ1v) is 13.5. The highest BCUT2D eigenvalue weighted by Gasteiger charge is 2.22. The molecule has 9 heteroatoms. The number of fused-ring (bicyclic) bond motifs is 2. The maximum atomic E-state index is 12.6. The van der Waals surface area contributed by atoms with Crippen molar-refractivity contribution < 1.29 is 8.42 Å². The maximum Gasteiger partial charge on any atom is 0.272 e. The largest absolute Gasteiger partial charge is 0.345 e. The van der Waals surface area contributed by atoms with Crippen molar-refractivity contribution in [3.8, 4) is 11.4 Å². The van der Waals surface area contributed by atoms with E-state index in [0.29, 0.717) is 29.1 Å². The Morgan fingerprint density at radius 1 is 1.08 bits per heavy atom. The van der Waals surface area contributed by atoms with Gasteiger partial charge in [0.05, 0.1) is 23.5 Å². The molecule has 0 amide bonds. The number of hydrogen-bond acceptors (Lipinski definition) is 4. The second-order valence-electron chi connectivity index (χ2n) is 9.30. The van der Waals surface area contributed by atoms with E-state index in [-0.39, 0.29) is 11.3 Å². The number of anilines is 1. The molecule has 0 bridgehead atoms. The summed E-state index contributed by atoms with van der Waals surface area (Å²) < 4.78 is 31.4. The molecule has 0 aliphatic rings. The number of sulfonamides is 1. The van der Waals surface area contributed by atoms with Gasteiger partial charge in [0, 0.05) is 30.4 Å². The van der Waals surface area contributed by atoms with Crippen LogP contribution in [0.5, 0.6) is 0 Å². The van der Waals surface area contributed by atoms with E-state index >= 15 is 0 Å². The third-order valence-corrected chi connectivity index (χ3v) is 8.01. The molecule has 0 aliphatic heterocycles. The normalized spacial score (nSPS) is 12.0. The van der Waals surface area contributed by atoms with Crippen LogP contribution < -0.4 is 10.3 Å². The Morgan fingerprint density at radius 2 is 1.81 bits per heavy atom. The van der Waals surface area contributed by atoms with E-state index in [4.69, 9.17) is 4.98 Å². The van der Waals surface area contributed by atoms with Crippen molar-refractivity contribution >= 4 is 37.6 Å². The van der Waals surface area contributed by atoms with Crippen LogP contribution in [-0.4, -0.2) is 33.3 Å². The Morgan fingerprint density at radius 3 is 2.50 bits per heavy atom. The second kappa shape index (κ2) is 8.67. The summed E-state index contributed by atoms with van der Waals surface area (Å²) >= 11 is 0. The number of nitrogens with zero attached hydrogens (tertiary/aromatic N) is 3. The number of nitrogens with one attached hydrogen (secondary N) is 2. The zero-order valence-electron chi connectivity index (χ0n) is 21.0. The minimum Gasteiger partial charge on any atom is -0.345 e. The number of aromatic nitrogens is 4. The van der Waals surface area contributed by atoms with Crippen molar-refractivity contribution in [3.05, 3.63) is 81.4 Å². The van der Waals surface area contributed by atoms with E-state index in [9.17, 15) is 13.2 Å². The third-order valence-electron chi connectivity index (χ3n) is 6.72. The molecule has 0 radical (unpaired) electrons. The summed E-state index contributed by atoms with van der Waals surface area (Å²) in [5.41, 5.74) is 7.73. The highest BCUT2D eigenvalue weighted by molar-refractivity contribution is 7.92. The van der Waals surface area contributed by atoms with Gasteiger partial charge in [0.1, 0.15) is 16.9 Å². The molecule has 0 saturated carbocycles. The Hall–Kier alpha value is -3.85. The lowest BCUT2D eigenvalue weighted by Gasteiger charge is -2.15. The highest BCUT2D eigenvalue weighted by Crippen LogP contribution is 2.35. The fraction of sp³-hybridized carbons (Fsp3) is 0.259. The van der Waals surface area contributed by atoms with Gasteiger partial charge >= 0.3 is 0 Å². The lowest BCUT2D eigenvalue weighted by molar-refractivity contribution is 0.602. The average molecular weight is 504 g/mol. The van der Waals surface area contributed by atoms with E-state index in [1.165, 1.54) is 22.3 Å². The van der Waals surface area contributed by atoms with Gasteiger partial charge in [-0.3, -0.25) is 9.52 Å². The number of benzene rings is 2. The standard InChI is InChI=1S/C27H29N5O3S/c1-6-36(34,35)30-22-8-7-9-23-24(22)29-26(21-14-31(5)25-19(21)10-11-28-27(25)33)32(23)15-20-17(3)12-16(2)13-18(20)4/h7-14,30H,6,15H2,1-5H3,(H,28,33). The molecule has 3 aromatic heterocycles. The minimum atomic E-state index is -3.49. The summed E-state index contributed by atoms with van der Waals surface area (Å²) in [7, 11) is -1.66. The molecule has 0 atom stereocenters. The van der Waals surface area contributed by atoms with Gasteiger partial charge in [-0.1, -0.05) is 23.8 Å². The summed E-state index contributed by atoms with van der Waals surface area (Å²) in [5.74, 6) is 0.633. The number of para-hydroxylation sites is 1. The Labute approximate surface area is 209 Å². The summed E-state index contributed by atoms with van der Waals surface area (Å²) in [6, 6.07) is 11.7. The second-order valence-corrected chi connectivity index (χ2v) is 11.3. The van der Waals surface area contributed by atoms with Crippen LogP contribution in [0.2, 0.25) is 0 Å². The minimum absolute atomic E-state index is 0.0369. The third kappa shape index (κ3) is 3.99. The first kappa shape index (κ1) is 23.9. The first-order valence-electron chi connectivity index (χ1n) is 11.8. The fourth-order valence-electron chi connectivity index (χ4n) is 5.00. The molecule has 3 heterocycles. The van der Waals surface area contributed by atoms with E-state index in [1.54, 1.807) is 23.8 Å². The molecule has 0 spiro atoms. The first-order chi connectivity index (χ1) is 17.1. The van der Waals surface area contributed by atoms with Crippen LogP contribution in [0.3, 0.4) is 0 Å². The molecule has 186 valence electrons. The molecular weight excluding hydrogens is 474 g/mol. The zero-order chi connectivity index (χ0) is 25.8. The summed E-state index contributed by atoms with van der Waals surface area (Å²) in [4.78, 5) is 20.3. The predicted octanol–water partition coefficient (Wildman–Crippen LogP) is 4.62. The lowest BCUT2D eigenvalue weighted by Crippen LogP contribution is -2.14. The molecule has 5 aromatic rings. The van der Waals surface area contributed by atoms with Gasteiger partial charge < -0.3 is 14.1 Å². The van der Waals surface area contributed by atoms with E-state index in [2.05, 4.69) is 47.2 Å². The monoisotopic (exact) mass is 503 g/mol. The van der Waals surface area contributed by atoms with Crippen molar-refractivity contribution in [1.29, 1.82) is 0 Å². The van der Waals surface area contributed by atoms with Gasteiger partial charge in [0.15, 0.2) is 0 Å². The van der Waals surface area contributed by atoms with Crippen LogP contribution in [0.1, 0.15) is 29.2 Å². The molecule has 0 saturated heterocycles. The zero-order valence-corrected chi connectivity index (χ0v) is 21.8. The molecule has 0 unspecified atom stereocenters. The Bertz CT molecular complexity index is 1790. The van der Waals surface area contributed by atoms with Crippen LogP contribution in [0.15, 0.2) is 53.6 Å². The molecule has 0 aliphatic carbocycles. The van der Waals surface area contributed by atoms with Crippen molar-refractivity contribution in [2.24, 2.45) is 7.05 Å². The van der Waals surface area contributed by atoms with Crippen molar-refractivity contribution in [2.75, 3.05) is 10.5 Å². The summed E-state index contributed by atoms with van der Waals surface area (Å²) in [5, 5.41) is 0.783. The van der Waals surface area contributed by atoms with Crippen molar-refractivity contribution in [1.82, 2.24) is 19.1 Å². The van der Waals surface area contributed by atoms with Gasteiger partial charge in [0.2, 0.25) is 10.0 Å². The number of imidazole rings is 1. The number of hydrogen-bond donors (Lipinski definition) is 2. The maximum absolute atomic E-state index is 12.6. The highest BCUT2D eigenvalue weighted by atomic mass is 32.2. The Balaban J connectivity index is 1.82. The van der Waals surface area contributed by atoms with Crippen molar-refractivity contribution in [3.63, 3.8) is 0 Å². The number of rotatable bonds is 6. The van der Waals surface area contributed by atoms with Crippen LogP contribution >= 0.6 is 0 Å². The average Bonchev–Trinajstić information content (AvgIpc) is 3.35. The fourth-order valence-corrected chi connectivity index (χ4v) is 5.64. The smallest absolute Gasteiger partial charge is 0.272 e. The number of pyridine rings is 1. The van der Waals surface area contributed by atoms with Crippen LogP contribution in [0, 0.1) is 20.8 Å².